The van der Waals surface area contributed by atoms with E-state index in [0.29, 0.717) is 12.2 Å². The van der Waals surface area contributed by atoms with Crippen LogP contribution in [0.2, 0.25) is 0 Å². The van der Waals surface area contributed by atoms with Gasteiger partial charge in [-0.15, -0.1) is 0 Å². The third kappa shape index (κ3) is 3.03. The Bertz CT molecular complexity index is 664. The Morgan fingerprint density at radius 1 is 1.43 bits per heavy atom. The molecule has 0 amide bonds. The van der Waals surface area contributed by atoms with Crippen molar-refractivity contribution in [2.75, 3.05) is 18.5 Å². The van der Waals surface area contributed by atoms with Gasteiger partial charge >= 0.3 is 0 Å². The van der Waals surface area contributed by atoms with Gasteiger partial charge in [0.25, 0.3) is 10.0 Å². The molecule has 1 atom stereocenters. The van der Waals surface area contributed by atoms with Crippen LogP contribution in [0, 0.1) is 0 Å². The van der Waals surface area contributed by atoms with Crippen LogP contribution in [0.15, 0.2) is 28.1 Å². The summed E-state index contributed by atoms with van der Waals surface area (Å²) in [6.07, 6.45) is 2.90. The molecule has 2 aliphatic heterocycles. The van der Waals surface area contributed by atoms with Crippen LogP contribution >= 0.6 is 0 Å². The summed E-state index contributed by atoms with van der Waals surface area (Å²) < 4.78 is 32.5. The number of aryl methyl sites for hydroxylation is 1. The number of benzene rings is 1. The SMILES string of the molecule is CCc1ccc2c(c1)S(=O)(=O)NC(=NCC1CCCO1)N2. The number of ether oxygens (including phenoxy) is 1. The molecule has 1 fully saturated rings. The highest BCUT2D eigenvalue weighted by atomic mass is 32.2. The van der Waals surface area contributed by atoms with Gasteiger partial charge in [0.15, 0.2) is 0 Å². The number of anilines is 1. The van der Waals surface area contributed by atoms with Crippen molar-refractivity contribution in [1.29, 1.82) is 0 Å². The third-order valence-corrected chi connectivity index (χ3v) is 5.08. The van der Waals surface area contributed by atoms with Gasteiger partial charge in [0, 0.05) is 6.61 Å². The Kier molecular flexibility index (Phi) is 3.86. The molecule has 2 N–H and O–H groups in total. The quantitative estimate of drug-likeness (QED) is 0.886. The summed E-state index contributed by atoms with van der Waals surface area (Å²) in [6.45, 7) is 3.22. The lowest BCUT2D eigenvalue weighted by molar-refractivity contribution is 0.118. The van der Waals surface area contributed by atoms with Crippen LogP contribution in [0.3, 0.4) is 0 Å². The summed E-state index contributed by atoms with van der Waals surface area (Å²) in [6, 6.07) is 5.40. The van der Waals surface area contributed by atoms with Crippen LogP contribution < -0.4 is 10.0 Å². The number of fused-ring (bicyclic) bond motifs is 1. The van der Waals surface area contributed by atoms with E-state index in [-0.39, 0.29) is 17.0 Å². The zero-order chi connectivity index (χ0) is 14.9. The van der Waals surface area contributed by atoms with Crippen molar-refractivity contribution < 1.29 is 13.2 Å². The maximum atomic E-state index is 12.3. The molecule has 114 valence electrons. The van der Waals surface area contributed by atoms with Crippen molar-refractivity contribution in [3.05, 3.63) is 23.8 Å². The smallest absolute Gasteiger partial charge is 0.266 e. The molecule has 3 rings (SSSR count). The summed E-state index contributed by atoms with van der Waals surface area (Å²) >= 11 is 0. The van der Waals surface area contributed by atoms with Gasteiger partial charge in [0.2, 0.25) is 5.96 Å². The standard InChI is InChI=1S/C14H19N3O3S/c1-2-10-5-6-12-13(8-10)21(18,19)17-14(16-12)15-9-11-4-3-7-20-11/h5-6,8,11H,2-4,7,9H2,1H3,(H2,15,16,17). The zero-order valence-electron chi connectivity index (χ0n) is 11.9. The number of nitrogens with zero attached hydrogens (tertiary/aromatic N) is 1. The molecule has 0 spiro atoms. The lowest BCUT2D eigenvalue weighted by Gasteiger charge is -2.22. The maximum absolute atomic E-state index is 12.3. The molecule has 0 radical (unpaired) electrons. The van der Waals surface area contributed by atoms with Crippen molar-refractivity contribution in [2.24, 2.45) is 4.99 Å². The maximum Gasteiger partial charge on any atom is 0.266 e. The van der Waals surface area contributed by atoms with E-state index in [4.69, 9.17) is 4.74 Å². The van der Waals surface area contributed by atoms with Crippen LogP contribution in [0.5, 0.6) is 0 Å². The second-order valence-electron chi connectivity index (χ2n) is 5.24. The second kappa shape index (κ2) is 5.65. The fourth-order valence-electron chi connectivity index (χ4n) is 2.50. The minimum absolute atomic E-state index is 0.0904. The molecule has 6 nitrogen and oxygen atoms in total. The molecule has 21 heavy (non-hydrogen) atoms. The Labute approximate surface area is 124 Å². The summed E-state index contributed by atoms with van der Waals surface area (Å²) in [5.41, 5.74) is 1.55. The molecule has 0 bridgehead atoms. The Morgan fingerprint density at radius 3 is 3.00 bits per heavy atom. The number of guanidine groups is 1. The molecule has 1 aromatic rings. The first kappa shape index (κ1) is 14.3. The summed E-state index contributed by atoms with van der Waals surface area (Å²) in [7, 11) is -3.55. The van der Waals surface area contributed by atoms with Crippen molar-refractivity contribution in [2.45, 2.75) is 37.2 Å². The molecule has 2 aliphatic rings. The van der Waals surface area contributed by atoms with Gasteiger partial charge in [0.1, 0.15) is 4.90 Å². The topological polar surface area (TPSA) is 79.8 Å². The van der Waals surface area contributed by atoms with E-state index in [1.54, 1.807) is 12.1 Å². The molecular formula is C14H19N3O3S. The molecule has 2 heterocycles. The highest BCUT2D eigenvalue weighted by molar-refractivity contribution is 7.90. The van der Waals surface area contributed by atoms with Crippen LogP contribution in [0.25, 0.3) is 0 Å². The van der Waals surface area contributed by atoms with Crippen molar-refractivity contribution in [3.8, 4) is 0 Å². The highest BCUT2D eigenvalue weighted by Crippen LogP contribution is 2.26. The lowest BCUT2D eigenvalue weighted by Crippen LogP contribution is -2.41. The summed E-state index contributed by atoms with van der Waals surface area (Å²) in [5, 5.41) is 3.03. The minimum Gasteiger partial charge on any atom is -0.376 e. The van der Waals surface area contributed by atoms with E-state index in [2.05, 4.69) is 15.0 Å². The fourth-order valence-corrected chi connectivity index (χ4v) is 3.70. The number of hydrogen-bond acceptors (Lipinski definition) is 4. The predicted octanol–water partition coefficient (Wildman–Crippen LogP) is 1.49. The Morgan fingerprint density at radius 2 is 2.29 bits per heavy atom. The fraction of sp³-hybridized carbons (Fsp3) is 0.500. The number of sulfonamides is 1. The summed E-state index contributed by atoms with van der Waals surface area (Å²) in [5.74, 6) is 0.266. The average Bonchev–Trinajstić information content (AvgIpc) is 2.97. The van der Waals surface area contributed by atoms with E-state index >= 15 is 0 Å². The van der Waals surface area contributed by atoms with Gasteiger partial charge in [-0.25, -0.2) is 18.1 Å². The molecule has 1 unspecified atom stereocenters. The number of nitrogens with one attached hydrogen (secondary N) is 2. The second-order valence-corrected chi connectivity index (χ2v) is 6.89. The van der Waals surface area contributed by atoms with E-state index in [1.165, 1.54) is 0 Å². The first-order valence-electron chi connectivity index (χ1n) is 7.17. The number of hydrogen-bond donors (Lipinski definition) is 2. The average molecular weight is 309 g/mol. The molecule has 0 saturated carbocycles. The largest absolute Gasteiger partial charge is 0.376 e. The van der Waals surface area contributed by atoms with Crippen LogP contribution in [0.4, 0.5) is 5.69 Å². The molecule has 7 heteroatoms. The molecule has 1 aromatic carbocycles. The first-order chi connectivity index (χ1) is 10.1. The van der Waals surface area contributed by atoms with E-state index in [9.17, 15) is 8.42 Å². The Hall–Kier alpha value is -1.60. The first-order valence-corrected chi connectivity index (χ1v) is 8.65. The molecule has 1 saturated heterocycles. The van der Waals surface area contributed by atoms with Crippen molar-refractivity contribution in [3.63, 3.8) is 0 Å². The van der Waals surface area contributed by atoms with Gasteiger partial charge < -0.3 is 10.1 Å². The minimum atomic E-state index is -3.55. The van der Waals surface area contributed by atoms with E-state index in [0.717, 1.165) is 31.4 Å². The van der Waals surface area contributed by atoms with E-state index in [1.807, 2.05) is 13.0 Å². The summed E-state index contributed by atoms with van der Waals surface area (Å²) in [4.78, 5) is 4.57. The number of rotatable bonds is 3. The lowest BCUT2D eigenvalue weighted by atomic mass is 10.1. The predicted molar refractivity (Wildman–Crippen MR) is 81.0 cm³/mol. The van der Waals surface area contributed by atoms with Gasteiger partial charge in [-0.1, -0.05) is 13.0 Å². The number of aliphatic imine (C=N–C) groups is 1. The van der Waals surface area contributed by atoms with Gasteiger partial charge in [-0.2, -0.15) is 0 Å². The highest BCUT2D eigenvalue weighted by Gasteiger charge is 2.27. The normalized spacial score (nSPS) is 25.2. The van der Waals surface area contributed by atoms with Gasteiger partial charge in [0.05, 0.1) is 18.3 Å². The third-order valence-electron chi connectivity index (χ3n) is 3.70. The molecule has 0 aromatic heterocycles. The zero-order valence-corrected chi connectivity index (χ0v) is 12.7. The monoisotopic (exact) mass is 309 g/mol. The van der Waals surface area contributed by atoms with Crippen LogP contribution in [-0.2, 0) is 21.2 Å². The van der Waals surface area contributed by atoms with Crippen molar-refractivity contribution in [1.82, 2.24) is 4.72 Å². The van der Waals surface area contributed by atoms with Crippen molar-refractivity contribution >= 4 is 21.7 Å². The molecular weight excluding hydrogens is 290 g/mol. The van der Waals surface area contributed by atoms with E-state index < -0.39 is 10.0 Å². The Balaban J connectivity index is 1.84. The molecule has 0 aliphatic carbocycles. The van der Waals surface area contributed by atoms with Crippen LogP contribution in [-0.4, -0.2) is 33.6 Å². The van der Waals surface area contributed by atoms with Gasteiger partial charge in [-0.05, 0) is 37.0 Å². The van der Waals surface area contributed by atoms with Gasteiger partial charge in [-0.3, -0.25) is 0 Å². The van der Waals surface area contributed by atoms with Crippen LogP contribution in [0.1, 0.15) is 25.3 Å².